The highest BCUT2D eigenvalue weighted by Gasteiger charge is 2.41. The molecule has 2 aliphatic carbocycles. The van der Waals surface area contributed by atoms with Crippen molar-refractivity contribution in [3.8, 4) is 0 Å². The molecule has 0 aromatic carbocycles. The minimum absolute atomic E-state index is 0.0267. The SMILES string of the molecule is NC1(Cc2ccc(Br)cn2)CCCCC1C1CCCCC1. The van der Waals surface area contributed by atoms with Crippen LogP contribution >= 0.6 is 15.9 Å². The van der Waals surface area contributed by atoms with Crippen molar-refractivity contribution >= 4 is 15.9 Å². The molecular weight excluding hydrogens is 324 g/mol. The quantitative estimate of drug-likeness (QED) is 0.845. The van der Waals surface area contributed by atoms with Gasteiger partial charge in [-0.3, -0.25) is 4.98 Å². The molecule has 0 amide bonds. The summed E-state index contributed by atoms with van der Waals surface area (Å²) in [5.74, 6) is 1.57. The lowest BCUT2D eigenvalue weighted by molar-refractivity contribution is 0.0988. The van der Waals surface area contributed by atoms with Crippen LogP contribution in [0.25, 0.3) is 0 Å². The maximum absolute atomic E-state index is 6.95. The van der Waals surface area contributed by atoms with Gasteiger partial charge in [-0.1, -0.05) is 44.9 Å². The van der Waals surface area contributed by atoms with Gasteiger partial charge in [0.1, 0.15) is 0 Å². The van der Waals surface area contributed by atoms with Crippen LogP contribution in [0.2, 0.25) is 0 Å². The summed E-state index contributed by atoms with van der Waals surface area (Å²) >= 11 is 3.46. The number of nitrogens with zero attached hydrogens (tertiary/aromatic N) is 1. The fourth-order valence-corrected chi connectivity index (χ4v) is 4.84. The Morgan fingerprint density at radius 1 is 1.10 bits per heavy atom. The first-order valence-electron chi connectivity index (χ1n) is 8.57. The van der Waals surface area contributed by atoms with Crippen molar-refractivity contribution in [3.63, 3.8) is 0 Å². The summed E-state index contributed by atoms with van der Waals surface area (Å²) in [6.45, 7) is 0. The lowest BCUT2D eigenvalue weighted by atomic mass is 9.63. The van der Waals surface area contributed by atoms with Crippen LogP contribution in [0, 0.1) is 11.8 Å². The molecule has 0 spiro atoms. The van der Waals surface area contributed by atoms with E-state index in [0.29, 0.717) is 5.92 Å². The number of nitrogens with two attached hydrogens (primary N) is 1. The number of rotatable bonds is 3. The second-order valence-corrected chi connectivity index (χ2v) is 8.04. The number of aromatic nitrogens is 1. The molecule has 2 saturated carbocycles. The first-order chi connectivity index (χ1) is 10.2. The Balaban J connectivity index is 1.75. The van der Waals surface area contributed by atoms with Gasteiger partial charge < -0.3 is 5.73 Å². The van der Waals surface area contributed by atoms with E-state index in [1.54, 1.807) is 0 Å². The second-order valence-electron chi connectivity index (χ2n) is 7.13. The van der Waals surface area contributed by atoms with Crippen molar-refractivity contribution in [2.24, 2.45) is 17.6 Å². The van der Waals surface area contributed by atoms with Crippen LogP contribution in [0.5, 0.6) is 0 Å². The van der Waals surface area contributed by atoms with Crippen molar-refractivity contribution in [2.75, 3.05) is 0 Å². The monoisotopic (exact) mass is 350 g/mol. The molecule has 2 unspecified atom stereocenters. The van der Waals surface area contributed by atoms with Gasteiger partial charge in [0.15, 0.2) is 0 Å². The van der Waals surface area contributed by atoms with Gasteiger partial charge in [0.25, 0.3) is 0 Å². The van der Waals surface area contributed by atoms with E-state index in [1.165, 1.54) is 57.8 Å². The van der Waals surface area contributed by atoms with Crippen LogP contribution in [0.3, 0.4) is 0 Å². The van der Waals surface area contributed by atoms with Gasteiger partial charge in [-0.25, -0.2) is 0 Å². The molecule has 2 N–H and O–H groups in total. The maximum Gasteiger partial charge on any atom is 0.0422 e. The smallest absolute Gasteiger partial charge is 0.0422 e. The molecule has 3 heteroatoms. The summed E-state index contributed by atoms with van der Waals surface area (Å²) in [6.07, 6.45) is 15.1. The first-order valence-corrected chi connectivity index (χ1v) is 9.36. The van der Waals surface area contributed by atoms with E-state index in [9.17, 15) is 0 Å². The highest BCUT2D eigenvalue weighted by molar-refractivity contribution is 9.10. The molecule has 1 aromatic heterocycles. The van der Waals surface area contributed by atoms with Gasteiger partial charge in [0.2, 0.25) is 0 Å². The highest BCUT2D eigenvalue weighted by Crippen LogP contribution is 2.43. The number of hydrogen-bond donors (Lipinski definition) is 1. The molecule has 0 saturated heterocycles. The third kappa shape index (κ3) is 3.68. The Morgan fingerprint density at radius 2 is 1.86 bits per heavy atom. The third-order valence-corrected chi connectivity index (χ3v) is 6.13. The standard InChI is InChI=1S/C18H27BrN2/c19-15-9-10-16(21-13-15)12-18(20)11-5-4-8-17(18)14-6-2-1-3-7-14/h9-10,13-14,17H,1-8,11-12,20H2. The maximum atomic E-state index is 6.95. The largest absolute Gasteiger partial charge is 0.324 e. The summed E-state index contributed by atoms with van der Waals surface area (Å²) < 4.78 is 1.05. The summed E-state index contributed by atoms with van der Waals surface area (Å²) in [5.41, 5.74) is 8.08. The lowest BCUT2D eigenvalue weighted by Crippen LogP contribution is -2.54. The second kappa shape index (κ2) is 6.78. The first kappa shape index (κ1) is 15.5. The van der Waals surface area contributed by atoms with Crippen molar-refractivity contribution in [2.45, 2.75) is 69.7 Å². The number of pyridine rings is 1. The molecule has 1 heterocycles. The zero-order chi connectivity index (χ0) is 14.7. The van der Waals surface area contributed by atoms with Crippen molar-refractivity contribution < 1.29 is 0 Å². The topological polar surface area (TPSA) is 38.9 Å². The average Bonchev–Trinajstić information content (AvgIpc) is 2.51. The van der Waals surface area contributed by atoms with Crippen LogP contribution in [0.4, 0.5) is 0 Å². The molecule has 1 aromatic rings. The summed E-state index contributed by atoms with van der Waals surface area (Å²) in [6, 6.07) is 4.22. The Labute approximate surface area is 137 Å². The van der Waals surface area contributed by atoms with Crippen LogP contribution in [0.1, 0.15) is 63.5 Å². The lowest BCUT2D eigenvalue weighted by Gasteiger charge is -2.46. The normalized spacial score (nSPS) is 31.2. The number of hydrogen-bond acceptors (Lipinski definition) is 2. The molecule has 116 valence electrons. The third-order valence-electron chi connectivity index (χ3n) is 5.66. The van der Waals surface area contributed by atoms with E-state index in [-0.39, 0.29) is 5.54 Å². The van der Waals surface area contributed by atoms with Crippen LogP contribution in [-0.4, -0.2) is 10.5 Å². The summed E-state index contributed by atoms with van der Waals surface area (Å²) in [4.78, 5) is 4.57. The fraction of sp³-hybridized carbons (Fsp3) is 0.722. The molecule has 0 aliphatic heterocycles. The van der Waals surface area contributed by atoms with Crippen LogP contribution < -0.4 is 5.73 Å². The Bertz CT molecular complexity index is 453. The van der Waals surface area contributed by atoms with Crippen molar-refractivity contribution in [3.05, 3.63) is 28.5 Å². The molecule has 0 bridgehead atoms. The Hall–Kier alpha value is -0.410. The molecule has 2 aliphatic rings. The molecule has 2 fully saturated rings. The zero-order valence-corrected chi connectivity index (χ0v) is 14.4. The van der Waals surface area contributed by atoms with Crippen molar-refractivity contribution in [1.29, 1.82) is 0 Å². The minimum atomic E-state index is -0.0267. The summed E-state index contributed by atoms with van der Waals surface area (Å²) in [7, 11) is 0. The van der Waals surface area contributed by atoms with Gasteiger partial charge in [-0.15, -0.1) is 0 Å². The minimum Gasteiger partial charge on any atom is -0.324 e. The van der Waals surface area contributed by atoms with Gasteiger partial charge in [-0.2, -0.15) is 0 Å². The van der Waals surface area contributed by atoms with Crippen LogP contribution in [-0.2, 0) is 6.42 Å². The summed E-state index contributed by atoms with van der Waals surface area (Å²) in [5, 5.41) is 0. The van der Waals surface area contributed by atoms with E-state index >= 15 is 0 Å². The molecule has 0 radical (unpaired) electrons. The predicted molar refractivity (Wildman–Crippen MR) is 91.1 cm³/mol. The molecule has 2 atom stereocenters. The zero-order valence-electron chi connectivity index (χ0n) is 12.9. The van der Waals surface area contributed by atoms with E-state index in [2.05, 4.69) is 33.0 Å². The van der Waals surface area contributed by atoms with E-state index < -0.39 is 0 Å². The van der Waals surface area contributed by atoms with Gasteiger partial charge in [0.05, 0.1) is 0 Å². The highest BCUT2D eigenvalue weighted by atomic mass is 79.9. The van der Waals surface area contributed by atoms with E-state index in [0.717, 1.165) is 22.5 Å². The predicted octanol–water partition coefficient (Wildman–Crippen LogP) is 4.85. The molecule has 2 nitrogen and oxygen atoms in total. The Morgan fingerprint density at radius 3 is 2.57 bits per heavy atom. The van der Waals surface area contributed by atoms with Gasteiger partial charge in [0, 0.05) is 28.3 Å². The molecule has 3 rings (SSSR count). The van der Waals surface area contributed by atoms with Gasteiger partial charge >= 0.3 is 0 Å². The van der Waals surface area contributed by atoms with E-state index in [1.807, 2.05) is 6.20 Å². The molecule has 21 heavy (non-hydrogen) atoms. The average molecular weight is 351 g/mol. The van der Waals surface area contributed by atoms with Crippen LogP contribution in [0.15, 0.2) is 22.8 Å². The molecular formula is C18H27BrN2. The van der Waals surface area contributed by atoms with Gasteiger partial charge in [-0.05, 0) is 52.7 Å². The van der Waals surface area contributed by atoms with E-state index in [4.69, 9.17) is 5.73 Å². The van der Waals surface area contributed by atoms with Crippen molar-refractivity contribution in [1.82, 2.24) is 4.98 Å². The number of halogens is 1. The Kier molecular flexibility index (Phi) is 5.00. The fourth-order valence-electron chi connectivity index (χ4n) is 4.60.